The summed E-state index contributed by atoms with van der Waals surface area (Å²) in [6, 6.07) is 59.4. The maximum absolute atomic E-state index is 8.21. The van der Waals surface area contributed by atoms with E-state index in [0.29, 0.717) is 28.5 Å². The second-order valence-electron chi connectivity index (χ2n) is 15.0. The first-order valence-corrected chi connectivity index (χ1v) is 19.3. The molecule has 0 aliphatic carbocycles. The van der Waals surface area contributed by atoms with Gasteiger partial charge in [-0.25, -0.2) is 19.7 Å². The van der Waals surface area contributed by atoms with Gasteiger partial charge in [-0.15, -0.1) is 0 Å². The van der Waals surface area contributed by atoms with Gasteiger partial charge in [-0.3, -0.25) is 0 Å². The molecule has 0 saturated carbocycles. The minimum absolute atomic E-state index is 0.448. The lowest BCUT2D eigenvalue weighted by Gasteiger charge is -2.19. The number of rotatable bonds is 4. The fraction of sp³-hybridized carbons (Fsp3) is 0. The van der Waals surface area contributed by atoms with Crippen LogP contribution >= 0.6 is 0 Å². The van der Waals surface area contributed by atoms with E-state index in [1.165, 1.54) is 59.2 Å². The van der Waals surface area contributed by atoms with Crippen LogP contribution < -0.4 is 0 Å². The monoisotopic (exact) mass is 732 g/mol. The van der Waals surface area contributed by atoms with Crippen LogP contribution in [0.25, 0.3) is 130 Å². The Labute approximate surface area is 333 Å². The third-order valence-corrected chi connectivity index (χ3v) is 12.0. The van der Waals surface area contributed by atoms with Crippen molar-refractivity contribution >= 4 is 86.9 Å². The van der Waals surface area contributed by atoms with Gasteiger partial charge in [0.1, 0.15) is 5.82 Å². The molecule has 11 aromatic carbocycles. The first kappa shape index (κ1) is 32.1. The molecule has 4 heteroatoms. The lowest BCUT2D eigenvalue weighted by Crippen LogP contribution is -1.99. The fourth-order valence-electron chi connectivity index (χ4n) is 9.41. The summed E-state index contributed by atoms with van der Waals surface area (Å²) in [5.41, 5.74) is 7.93. The van der Waals surface area contributed by atoms with E-state index in [1.54, 1.807) is 0 Å². The summed E-state index contributed by atoms with van der Waals surface area (Å²) in [4.78, 5) is 18.5. The highest BCUT2D eigenvalue weighted by Gasteiger charge is 2.23. The molecule has 0 aliphatic heterocycles. The summed E-state index contributed by atoms with van der Waals surface area (Å²) < 4.78 is 0. The van der Waals surface area contributed by atoms with E-state index in [1.807, 2.05) is 48.5 Å². The topological polar surface area (TPSA) is 34.5 Å². The highest BCUT2D eigenvalue weighted by molar-refractivity contribution is 6.28. The molecule has 0 radical (unpaired) electrons. The molecule has 1 aromatic heterocycles. The predicted octanol–water partition coefficient (Wildman–Crippen LogP) is 15.2. The number of hydrogen-bond acceptors (Lipinski definition) is 2. The highest BCUT2D eigenvalue weighted by atomic mass is 14.9. The Bertz CT molecular complexity index is 3740. The lowest BCUT2D eigenvalue weighted by atomic mass is 9.86. The number of para-hydroxylation sites is 2. The first-order valence-electron chi connectivity index (χ1n) is 19.3. The largest absolute Gasteiger partial charge is 0.237 e. The van der Waals surface area contributed by atoms with Crippen molar-refractivity contribution in [1.29, 1.82) is 0 Å². The van der Waals surface area contributed by atoms with Crippen LogP contribution in [0.2, 0.25) is 0 Å². The van der Waals surface area contributed by atoms with Crippen LogP contribution in [0.4, 0.5) is 11.4 Å². The first-order chi connectivity index (χ1) is 28.7. The molecule has 0 saturated heterocycles. The number of nitrogens with zero attached hydrogens (tertiary/aromatic N) is 4. The van der Waals surface area contributed by atoms with Crippen LogP contribution in [0.1, 0.15) is 0 Å². The van der Waals surface area contributed by atoms with Gasteiger partial charge < -0.3 is 0 Å². The van der Waals surface area contributed by atoms with Crippen LogP contribution in [0.5, 0.6) is 0 Å². The van der Waals surface area contributed by atoms with Gasteiger partial charge in [0.25, 0.3) is 0 Å². The molecule has 0 fully saturated rings. The number of fused-ring (bicyclic) bond motifs is 1. The van der Waals surface area contributed by atoms with Gasteiger partial charge in [-0.1, -0.05) is 158 Å². The predicted molar refractivity (Wildman–Crippen MR) is 241 cm³/mol. The smallest absolute Gasteiger partial charge is 0.198 e. The zero-order chi connectivity index (χ0) is 38.5. The van der Waals surface area contributed by atoms with Crippen molar-refractivity contribution < 1.29 is 0 Å². The van der Waals surface area contributed by atoms with E-state index in [0.717, 1.165) is 44.1 Å². The Morgan fingerprint density at radius 3 is 1.43 bits per heavy atom. The van der Waals surface area contributed by atoms with Crippen molar-refractivity contribution in [2.75, 3.05) is 0 Å². The maximum atomic E-state index is 8.21. The molecule has 0 unspecified atom stereocenters. The second kappa shape index (κ2) is 12.2. The Hall–Kier alpha value is -8.18. The summed E-state index contributed by atoms with van der Waals surface area (Å²) in [6.45, 7) is 16.3. The Morgan fingerprint density at radius 1 is 0.345 bits per heavy atom. The molecule has 0 amide bonds. The molecule has 12 aromatic rings. The molecule has 0 bridgehead atoms. The zero-order valence-corrected chi connectivity index (χ0v) is 31.0. The van der Waals surface area contributed by atoms with Gasteiger partial charge in [-0.2, -0.15) is 0 Å². The summed E-state index contributed by atoms with van der Waals surface area (Å²) in [5.74, 6) is 0.448. The molecule has 0 N–H and O–H groups in total. The molecule has 1 heterocycles. The number of benzene rings is 11. The Kier molecular flexibility index (Phi) is 6.73. The number of aromatic nitrogens is 2. The average Bonchev–Trinajstić information content (AvgIpc) is 3.29. The molecular weight excluding hydrogens is 705 g/mol. The van der Waals surface area contributed by atoms with Gasteiger partial charge in [0.05, 0.1) is 24.4 Å². The van der Waals surface area contributed by atoms with Crippen molar-refractivity contribution in [3.05, 3.63) is 193 Å². The lowest BCUT2D eigenvalue weighted by molar-refractivity contribution is 1.23. The molecule has 4 nitrogen and oxygen atoms in total. The summed E-state index contributed by atoms with van der Waals surface area (Å²) >= 11 is 0. The molecule has 0 spiro atoms. The SMILES string of the molecule is [C-]#[N+]c1ccccc1-c1nc(-c2ccccc2[N+]#[C-])c2cc(-c3ccc4ccc5cccc6ccc3c4c56)cc(-c3ccc4ccc5cccc6ccc3c4c56)c2n1. The molecule has 0 atom stereocenters. The Morgan fingerprint density at radius 2 is 0.828 bits per heavy atom. The van der Waals surface area contributed by atoms with Crippen molar-refractivity contribution in [3.8, 4) is 44.9 Å². The van der Waals surface area contributed by atoms with Crippen LogP contribution in [0.15, 0.2) is 170 Å². The van der Waals surface area contributed by atoms with Crippen molar-refractivity contribution in [2.24, 2.45) is 0 Å². The van der Waals surface area contributed by atoms with E-state index in [9.17, 15) is 0 Å². The van der Waals surface area contributed by atoms with Gasteiger partial charge in [0.15, 0.2) is 11.4 Å². The minimum atomic E-state index is 0.448. The fourth-order valence-corrected chi connectivity index (χ4v) is 9.41. The molecular formula is C54H28N4. The van der Waals surface area contributed by atoms with Gasteiger partial charge in [0.2, 0.25) is 0 Å². The quantitative estimate of drug-likeness (QED) is 0.133. The maximum Gasteiger partial charge on any atom is 0.198 e. The summed E-state index contributed by atoms with van der Waals surface area (Å²) in [6.07, 6.45) is 0. The highest BCUT2D eigenvalue weighted by Crippen LogP contribution is 2.47. The molecule has 0 aliphatic rings. The van der Waals surface area contributed by atoms with E-state index in [4.69, 9.17) is 23.1 Å². The Balaban J connectivity index is 1.26. The number of hydrogen-bond donors (Lipinski definition) is 0. The van der Waals surface area contributed by atoms with Crippen LogP contribution in [-0.4, -0.2) is 9.97 Å². The summed E-state index contributed by atoms with van der Waals surface area (Å²) in [7, 11) is 0. The van der Waals surface area contributed by atoms with Crippen molar-refractivity contribution in [2.45, 2.75) is 0 Å². The van der Waals surface area contributed by atoms with Gasteiger partial charge in [-0.05, 0) is 93.5 Å². The van der Waals surface area contributed by atoms with Crippen LogP contribution in [0, 0.1) is 13.1 Å². The van der Waals surface area contributed by atoms with Crippen molar-refractivity contribution in [3.63, 3.8) is 0 Å². The molecule has 12 rings (SSSR count). The summed E-state index contributed by atoms with van der Waals surface area (Å²) in [5, 5.41) is 15.4. The zero-order valence-electron chi connectivity index (χ0n) is 31.0. The van der Waals surface area contributed by atoms with E-state index in [2.05, 4.69) is 131 Å². The standard InChI is InChI=1S/C54H28N4/c1-55-46-15-5-3-13-42(46)52-45-30-37(38-25-21-35-19-17-31-9-7-11-33-23-27-40(38)50(35)48(31)33)29-44(53(45)58-54(57-52)43-14-4-6-16-47(43)56-2)39-26-22-36-20-18-32-10-8-12-34-24-28-41(39)51(36)49(32)34/h3-30H. The third kappa shape index (κ3) is 4.55. The van der Waals surface area contributed by atoms with Crippen molar-refractivity contribution in [1.82, 2.24) is 9.97 Å². The van der Waals surface area contributed by atoms with E-state index < -0.39 is 0 Å². The third-order valence-electron chi connectivity index (χ3n) is 12.0. The van der Waals surface area contributed by atoms with Gasteiger partial charge >= 0.3 is 0 Å². The normalized spacial score (nSPS) is 11.8. The van der Waals surface area contributed by atoms with Gasteiger partial charge in [0, 0.05) is 22.1 Å². The van der Waals surface area contributed by atoms with E-state index >= 15 is 0 Å². The van der Waals surface area contributed by atoms with Crippen LogP contribution in [0.3, 0.4) is 0 Å². The van der Waals surface area contributed by atoms with Crippen LogP contribution in [-0.2, 0) is 0 Å². The second-order valence-corrected chi connectivity index (χ2v) is 15.0. The van der Waals surface area contributed by atoms with E-state index in [-0.39, 0.29) is 0 Å². The molecule has 58 heavy (non-hydrogen) atoms. The minimum Gasteiger partial charge on any atom is -0.237 e. The average molecular weight is 733 g/mol. The molecule has 264 valence electrons.